The van der Waals surface area contributed by atoms with Crippen molar-refractivity contribution < 1.29 is 0 Å². The molecule has 0 spiro atoms. The Morgan fingerprint density at radius 2 is 1.79 bits per heavy atom. The Hall–Kier alpha value is -3.61. The molecule has 0 atom stereocenters. The molecule has 1 aliphatic heterocycles. The monoisotopic (exact) mass is 387 g/mol. The van der Waals surface area contributed by atoms with Crippen molar-refractivity contribution >= 4 is 22.8 Å². The summed E-state index contributed by atoms with van der Waals surface area (Å²) in [6.07, 6.45) is 0. The quantitative estimate of drug-likeness (QED) is 0.542. The highest BCUT2D eigenvalue weighted by atomic mass is 16.2. The van der Waals surface area contributed by atoms with E-state index in [2.05, 4.69) is 28.9 Å². The van der Waals surface area contributed by atoms with Crippen molar-refractivity contribution in [3.05, 3.63) is 86.6 Å². The van der Waals surface area contributed by atoms with Crippen LogP contribution in [0.5, 0.6) is 0 Å². The number of nitrogens with zero attached hydrogens (tertiary/aromatic N) is 5. The van der Waals surface area contributed by atoms with Gasteiger partial charge in [0.2, 0.25) is 5.95 Å². The van der Waals surface area contributed by atoms with Crippen molar-refractivity contribution in [1.29, 1.82) is 0 Å². The molecule has 0 bridgehead atoms. The van der Waals surface area contributed by atoms with E-state index in [1.165, 1.54) is 9.13 Å². The first-order chi connectivity index (χ1) is 14.0. The minimum Gasteiger partial charge on any atom is -0.310 e. The van der Waals surface area contributed by atoms with Crippen LogP contribution >= 0.6 is 0 Å². The summed E-state index contributed by atoms with van der Waals surface area (Å²) in [6, 6.07) is 17.7. The fraction of sp³-hybridized carbons (Fsp3) is 0.227. The normalized spacial score (nSPS) is 13.2. The van der Waals surface area contributed by atoms with Gasteiger partial charge in [0, 0.05) is 25.8 Å². The minimum atomic E-state index is -0.356. The molecule has 0 fully saturated rings. The SMILES string of the molecule is Cc1cccc(N2CCn3c2nc2c3c(=O)n(Cc3ccccc3)c(=O)n2C)c1. The molecule has 29 heavy (non-hydrogen) atoms. The van der Waals surface area contributed by atoms with Gasteiger partial charge in [-0.05, 0) is 30.2 Å². The van der Waals surface area contributed by atoms with Crippen molar-refractivity contribution in [2.24, 2.45) is 7.05 Å². The van der Waals surface area contributed by atoms with Crippen LogP contribution < -0.4 is 16.1 Å². The van der Waals surface area contributed by atoms with Crippen LogP contribution in [0, 0.1) is 6.92 Å². The number of anilines is 2. The lowest BCUT2D eigenvalue weighted by atomic mass is 10.2. The van der Waals surface area contributed by atoms with Gasteiger partial charge in [-0.15, -0.1) is 0 Å². The van der Waals surface area contributed by atoms with E-state index < -0.39 is 0 Å². The second kappa shape index (κ2) is 6.48. The molecule has 146 valence electrons. The number of fused-ring (bicyclic) bond motifs is 3. The molecule has 3 heterocycles. The Kier molecular flexibility index (Phi) is 3.91. The lowest BCUT2D eigenvalue weighted by Gasteiger charge is -2.16. The van der Waals surface area contributed by atoms with Gasteiger partial charge in [-0.1, -0.05) is 42.5 Å². The van der Waals surface area contributed by atoms with Crippen LogP contribution in [0.3, 0.4) is 0 Å². The average Bonchev–Trinajstić information content (AvgIpc) is 3.30. The Labute approximate surface area is 167 Å². The number of rotatable bonds is 3. The van der Waals surface area contributed by atoms with Crippen molar-refractivity contribution in [2.45, 2.75) is 20.0 Å². The third kappa shape index (κ3) is 2.69. The van der Waals surface area contributed by atoms with E-state index in [4.69, 9.17) is 0 Å². The van der Waals surface area contributed by atoms with Gasteiger partial charge in [0.05, 0.1) is 6.54 Å². The highest BCUT2D eigenvalue weighted by molar-refractivity contribution is 5.77. The zero-order valence-electron chi connectivity index (χ0n) is 16.4. The van der Waals surface area contributed by atoms with Gasteiger partial charge in [-0.25, -0.2) is 4.79 Å². The number of hydrogen-bond donors (Lipinski definition) is 0. The molecule has 4 aromatic rings. The molecule has 5 rings (SSSR count). The van der Waals surface area contributed by atoms with Crippen LogP contribution in [0.15, 0.2) is 64.2 Å². The molecule has 2 aromatic heterocycles. The zero-order chi connectivity index (χ0) is 20.1. The van der Waals surface area contributed by atoms with Crippen LogP contribution in [-0.4, -0.2) is 25.2 Å². The maximum atomic E-state index is 13.3. The van der Waals surface area contributed by atoms with Gasteiger partial charge in [0.25, 0.3) is 5.56 Å². The Morgan fingerprint density at radius 3 is 2.55 bits per heavy atom. The maximum Gasteiger partial charge on any atom is 0.332 e. The van der Waals surface area contributed by atoms with Crippen molar-refractivity contribution in [2.75, 3.05) is 11.4 Å². The van der Waals surface area contributed by atoms with E-state index in [0.717, 1.165) is 23.4 Å². The first-order valence-electron chi connectivity index (χ1n) is 9.63. The number of hydrogen-bond acceptors (Lipinski definition) is 4. The fourth-order valence-corrected chi connectivity index (χ4v) is 4.02. The molecule has 0 N–H and O–H groups in total. The summed E-state index contributed by atoms with van der Waals surface area (Å²) in [5, 5.41) is 0. The smallest absolute Gasteiger partial charge is 0.310 e. The zero-order valence-corrected chi connectivity index (χ0v) is 16.4. The summed E-state index contributed by atoms with van der Waals surface area (Å²) < 4.78 is 4.70. The third-order valence-corrected chi connectivity index (χ3v) is 5.50. The highest BCUT2D eigenvalue weighted by Crippen LogP contribution is 2.31. The topological polar surface area (TPSA) is 65.1 Å². The number of imidazole rings is 1. The maximum absolute atomic E-state index is 13.3. The second-order valence-electron chi connectivity index (χ2n) is 7.44. The molecule has 1 aliphatic rings. The highest BCUT2D eigenvalue weighted by Gasteiger charge is 2.28. The van der Waals surface area contributed by atoms with Gasteiger partial charge < -0.3 is 9.47 Å². The van der Waals surface area contributed by atoms with E-state index in [1.807, 2.05) is 47.0 Å². The van der Waals surface area contributed by atoms with Crippen LogP contribution in [0.25, 0.3) is 11.2 Å². The Morgan fingerprint density at radius 1 is 1.00 bits per heavy atom. The lowest BCUT2D eigenvalue weighted by molar-refractivity contribution is 0.652. The van der Waals surface area contributed by atoms with Crippen LogP contribution in [0.2, 0.25) is 0 Å². The molecular weight excluding hydrogens is 366 g/mol. The Balaban J connectivity index is 1.70. The molecule has 0 amide bonds. The van der Waals surface area contributed by atoms with Gasteiger partial charge in [0.15, 0.2) is 11.2 Å². The third-order valence-electron chi connectivity index (χ3n) is 5.50. The van der Waals surface area contributed by atoms with E-state index in [9.17, 15) is 9.59 Å². The number of aryl methyl sites for hydroxylation is 2. The van der Waals surface area contributed by atoms with E-state index in [0.29, 0.717) is 23.7 Å². The van der Waals surface area contributed by atoms with Crippen molar-refractivity contribution in [3.8, 4) is 0 Å². The summed E-state index contributed by atoms with van der Waals surface area (Å²) in [7, 11) is 1.67. The molecule has 7 nitrogen and oxygen atoms in total. The van der Waals surface area contributed by atoms with Crippen LogP contribution in [-0.2, 0) is 20.1 Å². The summed E-state index contributed by atoms with van der Waals surface area (Å²) in [5.41, 5.74) is 3.36. The summed E-state index contributed by atoms with van der Waals surface area (Å²) in [6.45, 7) is 3.68. The summed E-state index contributed by atoms with van der Waals surface area (Å²) in [5.74, 6) is 0.704. The molecule has 0 unspecified atom stereocenters. The molecule has 0 radical (unpaired) electrons. The van der Waals surface area contributed by atoms with Crippen molar-refractivity contribution in [3.63, 3.8) is 0 Å². The van der Waals surface area contributed by atoms with Crippen LogP contribution in [0.1, 0.15) is 11.1 Å². The predicted octanol–water partition coefficient (Wildman–Crippen LogP) is 2.41. The summed E-state index contributed by atoms with van der Waals surface area (Å²) >= 11 is 0. The van der Waals surface area contributed by atoms with Gasteiger partial charge in [0.1, 0.15) is 0 Å². The average molecular weight is 387 g/mol. The molecule has 0 saturated carbocycles. The van der Waals surface area contributed by atoms with Crippen LogP contribution in [0.4, 0.5) is 11.6 Å². The van der Waals surface area contributed by atoms with Gasteiger partial charge in [-0.2, -0.15) is 4.98 Å². The minimum absolute atomic E-state index is 0.240. The van der Waals surface area contributed by atoms with Gasteiger partial charge >= 0.3 is 5.69 Å². The number of aromatic nitrogens is 4. The molecule has 0 aliphatic carbocycles. The van der Waals surface area contributed by atoms with E-state index in [1.54, 1.807) is 7.05 Å². The van der Waals surface area contributed by atoms with E-state index in [-0.39, 0.29) is 17.8 Å². The number of benzene rings is 2. The lowest BCUT2D eigenvalue weighted by Crippen LogP contribution is -2.40. The molecule has 2 aromatic carbocycles. The molecule has 0 saturated heterocycles. The largest absolute Gasteiger partial charge is 0.332 e. The summed E-state index contributed by atoms with van der Waals surface area (Å²) in [4.78, 5) is 33.0. The standard InChI is InChI=1S/C22H21N5O2/c1-15-7-6-10-17(13-15)25-11-12-26-18-19(23-21(25)26)24(2)22(29)27(20(18)28)14-16-8-4-3-5-9-16/h3-10,13H,11-12,14H2,1-2H3. The fourth-order valence-electron chi connectivity index (χ4n) is 4.02. The van der Waals surface area contributed by atoms with Crippen molar-refractivity contribution in [1.82, 2.24) is 18.7 Å². The first-order valence-corrected chi connectivity index (χ1v) is 9.63. The first kappa shape index (κ1) is 17.5. The second-order valence-corrected chi connectivity index (χ2v) is 7.44. The Bertz CT molecular complexity index is 1350. The van der Waals surface area contributed by atoms with E-state index >= 15 is 0 Å². The molecule has 7 heteroatoms. The van der Waals surface area contributed by atoms with Gasteiger partial charge in [-0.3, -0.25) is 13.9 Å². The molecular formula is C22H21N5O2. The predicted molar refractivity (Wildman–Crippen MR) is 113 cm³/mol.